The number of carbonyl (C=O) groups excluding carboxylic acids is 2. The van der Waals surface area contributed by atoms with Crippen molar-refractivity contribution in [2.24, 2.45) is 5.73 Å². The number of hydrogen-bond donors (Lipinski definition) is 2. The smallest absolute Gasteiger partial charge is 0.366 e. The van der Waals surface area contributed by atoms with E-state index in [1.165, 1.54) is 18.7 Å². The van der Waals surface area contributed by atoms with Crippen molar-refractivity contribution in [3.8, 4) is 0 Å². The molecule has 1 aromatic heterocycles. The van der Waals surface area contributed by atoms with Crippen LogP contribution in [0.1, 0.15) is 27.9 Å². The minimum absolute atomic E-state index is 0.194. The van der Waals surface area contributed by atoms with Gasteiger partial charge in [-0.1, -0.05) is 24.3 Å². The van der Waals surface area contributed by atoms with Gasteiger partial charge in [0.25, 0.3) is 0 Å². The van der Waals surface area contributed by atoms with E-state index in [-0.39, 0.29) is 24.3 Å². The molecule has 8 heteroatoms. The number of para-hydroxylation sites is 1. The van der Waals surface area contributed by atoms with Gasteiger partial charge in [-0.15, -0.1) is 0 Å². The fourth-order valence-corrected chi connectivity index (χ4v) is 2.89. The van der Waals surface area contributed by atoms with Gasteiger partial charge in [0.1, 0.15) is 0 Å². The molecule has 0 aliphatic carbocycles. The molecule has 0 saturated heterocycles. The van der Waals surface area contributed by atoms with Crippen LogP contribution in [-0.2, 0) is 17.4 Å². The van der Waals surface area contributed by atoms with Crippen LogP contribution in [0.2, 0.25) is 0 Å². The van der Waals surface area contributed by atoms with Crippen molar-refractivity contribution >= 4 is 28.4 Å². The molecule has 0 aliphatic rings. The number of alkyl halides is 3. The van der Waals surface area contributed by atoms with E-state index >= 15 is 0 Å². The fraction of sp³-hybridized carbons (Fsp3) is 0.143. The second-order valence-corrected chi connectivity index (χ2v) is 6.38. The quantitative estimate of drug-likeness (QED) is 0.653. The van der Waals surface area contributed by atoms with Gasteiger partial charge >= 0.3 is 6.18 Å². The number of benzene rings is 2. The van der Waals surface area contributed by atoms with E-state index in [1.807, 2.05) is 24.3 Å². The van der Waals surface area contributed by atoms with Gasteiger partial charge in [-0.05, 0) is 42.7 Å². The van der Waals surface area contributed by atoms with Crippen LogP contribution in [0.5, 0.6) is 0 Å². The highest BCUT2D eigenvalue weighted by Crippen LogP contribution is 2.30. The molecule has 0 aliphatic heterocycles. The third-order valence-electron chi connectivity index (χ3n) is 4.30. The average molecular weight is 400 g/mol. The van der Waals surface area contributed by atoms with Crippen molar-refractivity contribution in [1.29, 1.82) is 0 Å². The Morgan fingerprint density at radius 2 is 1.86 bits per heavy atom. The van der Waals surface area contributed by atoms with Crippen molar-refractivity contribution in [1.82, 2.24) is 4.98 Å². The summed E-state index contributed by atoms with van der Waals surface area (Å²) in [7, 11) is 0. The summed E-state index contributed by atoms with van der Waals surface area (Å²) in [5.74, 6) is -1.33. The third kappa shape index (κ3) is 5.10. The van der Waals surface area contributed by atoms with Gasteiger partial charge in [-0.3, -0.25) is 14.6 Å². The van der Waals surface area contributed by atoms with Crippen molar-refractivity contribution in [3.63, 3.8) is 0 Å². The van der Waals surface area contributed by atoms with Gasteiger partial charge in [-0.2, -0.15) is 13.2 Å². The van der Waals surface area contributed by atoms with Crippen molar-refractivity contribution in [2.45, 2.75) is 19.0 Å². The minimum Gasteiger partial charge on any atom is -0.366 e. The summed E-state index contributed by atoms with van der Waals surface area (Å²) in [5, 5.41) is 3.57. The number of primary amides is 1. The number of amides is 2. The highest BCUT2D eigenvalue weighted by atomic mass is 19.4. The highest BCUT2D eigenvalue weighted by molar-refractivity contribution is 5.98. The van der Waals surface area contributed by atoms with Crippen LogP contribution in [0.15, 0.2) is 54.7 Å². The average Bonchev–Trinajstić information content (AvgIpc) is 2.67. The van der Waals surface area contributed by atoms with Crippen LogP contribution in [0.25, 0.3) is 10.9 Å². The summed E-state index contributed by atoms with van der Waals surface area (Å²) in [5.41, 5.74) is 5.73. The molecule has 3 rings (SSSR count). The zero-order valence-electron chi connectivity index (χ0n) is 15.2. The number of rotatable bonds is 6. The summed E-state index contributed by atoms with van der Waals surface area (Å²) >= 11 is 0. The number of carbonyl (C=O) groups is 2. The number of anilines is 1. The molecule has 0 saturated carbocycles. The van der Waals surface area contributed by atoms with Crippen LogP contribution >= 0.6 is 0 Å². The van der Waals surface area contributed by atoms with Gasteiger partial charge < -0.3 is 11.1 Å². The van der Waals surface area contributed by atoms with Crippen LogP contribution < -0.4 is 11.1 Å². The molecule has 0 bridgehead atoms. The number of nitrogens with one attached hydrogen (secondary N) is 1. The molecular weight excluding hydrogens is 383 g/mol. The van der Waals surface area contributed by atoms with Crippen molar-refractivity contribution < 1.29 is 22.8 Å². The second-order valence-electron chi connectivity index (χ2n) is 6.38. The van der Waals surface area contributed by atoms with E-state index in [2.05, 4.69) is 10.3 Å². The summed E-state index contributed by atoms with van der Waals surface area (Å²) < 4.78 is 38.4. The molecule has 0 spiro atoms. The van der Waals surface area contributed by atoms with Gasteiger partial charge in [0.15, 0.2) is 0 Å². The minimum atomic E-state index is -4.57. The van der Waals surface area contributed by atoms with E-state index in [0.717, 1.165) is 23.0 Å². The Hall–Kier alpha value is -3.42. The molecule has 0 fully saturated rings. The van der Waals surface area contributed by atoms with E-state index in [4.69, 9.17) is 5.73 Å². The molecule has 3 N–H and O–H groups in total. The first-order valence-electron chi connectivity index (χ1n) is 8.73. The maximum atomic E-state index is 12.8. The largest absolute Gasteiger partial charge is 0.416 e. The predicted octanol–water partition coefficient (Wildman–Crippen LogP) is 4.13. The molecule has 3 aromatic rings. The zero-order chi connectivity index (χ0) is 21.0. The Morgan fingerprint density at radius 1 is 1.10 bits per heavy atom. The van der Waals surface area contributed by atoms with E-state index in [0.29, 0.717) is 11.3 Å². The summed E-state index contributed by atoms with van der Waals surface area (Å²) in [6, 6.07) is 12.1. The highest BCUT2D eigenvalue weighted by Gasteiger charge is 2.31. The lowest BCUT2D eigenvalue weighted by Gasteiger charge is -2.12. The predicted molar refractivity (Wildman–Crippen MR) is 103 cm³/mol. The third-order valence-corrected chi connectivity index (χ3v) is 4.30. The number of fused-ring (bicyclic) bond motifs is 1. The molecule has 2 aromatic carbocycles. The molecule has 2 amide bonds. The Bertz CT molecular complexity index is 1060. The number of halogens is 3. The van der Waals surface area contributed by atoms with E-state index in [1.54, 1.807) is 6.07 Å². The lowest BCUT2D eigenvalue weighted by Crippen LogP contribution is -2.17. The molecule has 1 heterocycles. The lowest BCUT2D eigenvalue weighted by atomic mass is 9.98. The zero-order valence-corrected chi connectivity index (χ0v) is 15.2. The number of aromatic nitrogens is 1. The normalized spacial score (nSPS) is 11.4. The molecular formula is C21H17F3N3O2. The van der Waals surface area contributed by atoms with Gasteiger partial charge in [0, 0.05) is 10.9 Å². The fourth-order valence-electron chi connectivity index (χ4n) is 2.89. The number of hydrogen-bond acceptors (Lipinski definition) is 3. The monoisotopic (exact) mass is 400 g/mol. The van der Waals surface area contributed by atoms with Crippen LogP contribution in [0, 0.1) is 6.42 Å². The van der Waals surface area contributed by atoms with Gasteiger partial charge in [0.05, 0.1) is 29.4 Å². The number of aryl methyl sites for hydroxylation is 1. The Kier molecular flexibility index (Phi) is 5.81. The van der Waals surface area contributed by atoms with Crippen LogP contribution in [-0.4, -0.2) is 16.8 Å². The summed E-state index contributed by atoms with van der Waals surface area (Å²) in [6.45, 7) is 0. The van der Waals surface area contributed by atoms with Gasteiger partial charge in [-0.25, -0.2) is 0 Å². The maximum absolute atomic E-state index is 12.8. The van der Waals surface area contributed by atoms with E-state index < -0.39 is 17.6 Å². The number of nitrogens with two attached hydrogens (primary N) is 1. The Balaban J connectivity index is 1.61. The summed E-state index contributed by atoms with van der Waals surface area (Å²) in [6.07, 6.45) is -1.26. The summed E-state index contributed by atoms with van der Waals surface area (Å²) in [4.78, 5) is 27.9. The van der Waals surface area contributed by atoms with Gasteiger partial charge in [0.2, 0.25) is 11.8 Å². The molecule has 149 valence electrons. The molecule has 0 atom stereocenters. The molecule has 0 unspecified atom stereocenters. The topological polar surface area (TPSA) is 85.1 Å². The second kappa shape index (κ2) is 8.30. The number of pyridine rings is 1. The van der Waals surface area contributed by atoms with Crippen molar-refractivity contribution in [2.75, 3.05) is 5.32 Å². The molecule has 29 heavy (non-hydrogen) atoms. The first-order valence-corrected chi connectivity index (χ1v) is 8.73. The molecule has 5 nitrogen and oxygen atoms in total. The number of nitrogens with zero attached hydrogens (tertiary/aromatic N) is 1. The van der Waals surface area contributed by atoms with E-state index in [9.17, 15) is 22.8 Å². The molecule has 1 radical (unpaired) electrons. The van der Waals surface area contributed by atoms with Crippen LogP contribution in [0.4, 0.5) is 18.9 Å². The Labute approximate surface area is 164 Å². The maximum Gasteiger partial charge on any atom is 0.416 e. The standard InChI is InChI=1S/C21H17F3N3O2/c22-21(23,24)15-9-8-13(17(11-15)20(25)29)5-3-7-19(28)27-16-10-14-4-1-2-6-18(14)26-12-16/h1-2,4,6-12H,3,5H2,(H2,25,29)(H,27,28). The van der Waals surface area contributed by atoms with Crippen molar-refractivity contribution in [3.05, 3.63) is 77.8 Å². The SMILES string of the molecule is NC(=O)c1cc(C(F)(F)F)ccc1CC[CH]C(=O)Nc1cnc2ccccc2c1. The van der Waals surface area contributed by atoms with Crippen LogP contribution in [0.3, 0.4) is 0 Å². The Morgan fingerprint density at radius 3 is 2.59 bits per heavy atom. The first kappa shape index (κ1) is 20.3. The lowest BCUT2D eigenvalue weighted by molar-refractivity contribution is -0.137. The first-order chi connectivity index (χ1) is 13.7.